The van der Waals surface area contributed by atoms with Crippen LogP contribution in [0.25, 0.3) is 0 Å². The highest BCUT2D eigenvalue weighted by Gasteiger charge is 2.58. The second-order valence-electron chi connectivity index (χ2n) is 7.38. The van der Waals surface area contributed by atoms with Crippen LogP contribution < -0.4 is 16.6 Å². The molecule has 4 atom stereocenters. The summed E-state index contributed by atoms with van der Waals surface area (Å²) >= 11 is 0. The molecule has 1 saturated carbocycles. The number of aromatic nitrogens is 2. The Balaban J connectivity index is 1.33. The van der Waals surface area contributed by atoms with Crippen molar-refractivity contribution >= 4 is 17.7 Å². The first-order valence-electron chi connectivity index (χ1n) is 8.97. The van der Waals surface area contributed by atoms with Gasteiger partial charge in [0.2, 0.25) is 17.7 Å². The molecule has 1 aliphatic heterocycles. The number of hydrogen-bond donors (Lipinski definition) is 2. The Kier molecular flexibility index (Phi) is 4.09. The van der Waals surface area contributed by atoms with Gasteiger partial charge in [-0.25, -0.2) is 4.79 Å². The number of imide groups is 1. The highest BCUT2D eigenvalue weighted by Crippen LogP contribution is 2.52. The molecule has 1 aromatic heterocycles. The summed E-state index contributed by atoms with van der Waals surface area (Å²) in [7, 11) is 0. The average Bonchev–Trinajstić information content (AvgIpc) is 3.29. The number of amides is 3. The lowest BCUT2D eigenvalue weighted by Gasteiger charge is -2.17. The Labute approximate surface area is 154 Å². The molecule has 27 heavy (non-hydrogen) atoms. The zero-order valence-electron chi connectivity index (χ0n) is 14.8. The van der Waals surface area contributed by atoms with Crippen LogP contribution in [0.3, 0.4) is 0 Å². The van der Waals surface area contributed by atoms with Crippen molar-refractivity contribution in [3.05, 3.63) is 44.8 Å². The molecule has 1 aromatic rings. The van der Waals surface area contributed by atoms with Gasteiger partial charge in [0.15, 0.2) is 0 Å². The zero-order chi connectivity index (χ0) is 19.3. The van der Waals surface area contributed by atoms with E-state index in [-0.39, 0.29) is 55.1 Å². The molecule has 0 unspecified atom stereocenters. The number of aromatic amines is 1. The van der Waals surface area contributed by atoms with E-state index in [1.54, 1.807) is 0 Å². The van der Waals surface area contributed by atoms with Crippen molar-refractivity contribution in [1.29, 1.82) is 0 Å². The van der Waals surface area contributed by atoms with E-state index in [9.17, 15) is 24.0 Å². The third kappa shape index (κ3) is 2.83. The minimum atomic E-state index is -0.665. The number of rotatable bonds is 5. The number of nitrogens with one attached hydrogen (secondary N) is 2. The number of likely N-dealkylation sites (tertiary alicyclic amines) is 1. The van der Waals surface area contributed by atoms with Gasteiger partial charge in [0.1, 0.15) is 6.54 Å². The predicted octanol–water partition coefficient (Wildman–Crippen LogP) is -1.23. The molecule has 1 saturated heterocycles. The number of nitrogens with zero attached hydrogens (tertiary/aromatic N) is 2. The topological polar surface area (TPSA) is 121 Å². The van der Waals surface area contributed by atoms with Crippen LogP contribution in [0.2, 0.25) is 0 Å². The molecule has 0 radical (unpaired) electrons. The Morgan fingerprint density at radius 1 is 1.15 bits per heavy atom. The van der Waals surface area contributed by atoms with Crippen LogP contribution in [-0.2, 0) is 20.9 Å². The monoisotopic (exact) mass is 372 g/mol. The first-order valence-corrected chi connectivity index (χ1v) is 8.97. The Morgan fingerprint density at radius 2 is 1.78 bits per heavy atom. The summed E-state index contributed by atoms with van der Waals surface area (Å²) < 4.78 is 1.10. The zero-order valence-corrected chi connectivity index (χ0v) is 14.8. The molecule has 2 bridgehead atoms. The normalized spacial score (nSPS) is 28.1. The summed E-state index contributed by atoms with van der Waals surface area (Å²) in [4.78, 5) is 63.6. The fraction of sp³-hybridized carbons (Fsp3) is 0.500. The van der Waals surface area contributed by atoms with Gasteiger partial charge in [-0.15, -0.1) is 0 Å². The molecule has 142 valence electrons. The summed E-state index contributed by atoms with van der Waals surface area (Å²) in [6.07, 6.45) is 6.27. The average molecular weight is 372 g/mol. The summed E-state index contributed by atoms with van der Waals surface area (Å²) in [6, 6.07) is 0. The number of H-pyrrole nitrogens is 1. The van der Waals surface area contributed by atoms with Crippen LogP contribution in [0.1, 0.15) is 12.0 Å². The van der Waals surface area contributed by atoms with E-state index in [1.165, 1.54) is 18.0 Å². The maximum absolute atomic E-state index is 12.5. The number of carbonyl (C=O) groups is 3. The summed E-state index contributed by atoms with van der Waals surface area (Å²) in [5.74, 6) is -0.911. The quantitative estimate of drug-likeness (QED) is 0.495. The third-order valence-electron chi connectivity index (χ3n) is 5.72. The van der Waals surface area contributed by atoms with Crippen molar-refractivity contribution in [3.8, 4) is 0 Å². The molecule has 0 spiro atoms. The van der Waals surface area contributed by atoms with Gasteiger partial charge in [0.25, 0.3) is 5.56 Å². The lowest BCUT2D eigenvalue weighted by molar-refractivity contribution is -0.141. The molecule has 3 amide bonds. The fourth-order valence-electron chi connectivity index (χ4n) is 4.44. The summed E-state index contributed by atoms with van der Waals surface area (Å²) in [6.45, 7) is 1.53. The van der Waals surface area contributed by atoms with Crippen LogP contribution in [0.4, 0.5) is 0 Å². The van der Waals surface area contributed by atoms with Crippen LogP contribution in [0, 0.1) is 30.6 Å². The van der Waals surface area contributed by atoms with Crippen molar-refractivity contribution < 1.29 is 14.4 Å². The van der Waals surface area contributed by atoms with Gasteiger partial charge in [-0.2, -0.15) is 0 Å². The largest absolute Gasteiger partial charge is 0.353 e. The standard InChI is InChI=1S/C18H20N4O5/c1-9-7-21(18(27)20-15(9)24)8-12(23)19-4-5-22-16(25)13-10-2-3-11(6-10)14(13)17(22)26/h2-3,7,10-11,13-14H,4-6,8H2,1H3,(H,19,23)(H,20,24,27)/t10-,11+,13-,14+. The molecule has 0 aromatic carbocycles. The first kappa shape index (κ1) is 17.4. The van der Waals surface area contributed by atoms with E-state index in [1.807, 2.05) is 12.2 Å². The van der Waals surface area contributed by atoms with Crippen molar-refractivity contribution in [3.63, 3.8) is 0 Å². The molecule has 2 N–H and O–H groups in total. The van der Waals surface area contributed by atoms with Gasteiger partial charge in [-0.05, 0) is 25.2 Å². The molecule has 3 aliphatic rings. The Bertz CT molecular complexity index is 945. The van der Waals surface area contributed by atoms with Crippen LogP contribution in [0.5, 0.6) is 0 Å². The second kappa shape index (κ2) is 6.33. The molecule has 2 fully saturated rings. The van der Waals surface area contributed by atoms with E-state index in [4.69, 9.17) is 0 Å². The molecule has 9 nitrogen and oxygen atoms in total. The highest BCUT2D eigenvalue weighted by atomic mass is 16.2. The summed E-state index contributed by atoms with van der Waals surface area (Å²) in [5, 5.41) is 2.61. The van der Waals surface area contributed by atoms with Crippen molar-refractivity contribution in [2.24, 2.45) is 23.7 Å². The van der Waals surface area contributed by atoms with Crippen molar-refractivity contribution in [2.75, 3.05) is 13.1 Å². The predicted molar refractivity (Wildman–Crippen MR) is 93.5 cm³/mol. The third-order valence-corrected chi connectivity index (χ3v) is 5.72. The molecule has 2 aliphatic carbocycles. The van der Waals surface area contributed by atoms with E-state index in [2.05, 4.69) is 10.3 Å². The fourth-order valence-corrected chi connectivity index (χ4v) is 4.44. The molecular formula is C18H20N4O5. The molecular weight excluding hydrogens is 352 g/mol. The Hall–Kier alpha value is -2.97. The van der Waals surface area contributed by atoms with Gasteiger partial charge in [-0.3, -0.25) is 33.6 Å². The van der Waals surface area contributed by atoms with E-state index in [0.29, 0.717) is 5.56 Å². The van der Waals surface area contributed by atoms with E-state index in [0.717, 1.165) is 11.0 Å². The van der Waals surface area contributed by atoms with Gasteiger partial charge in [0.05, 0.1) is 11.8 Å². The van der Waals surface area contributed by atoms with E-state index < -0.39 is 17.2 Å². The molecule has 9 heteroatoms. The first-order chi connectivity index (χ1) is 12.9. The lowest BCUT2D eigenvalue weighted by Crippen LogP contribution is -2.41. The SMILES string of the molecule is Cc1cn(CC(=O)NCCN2C(=O)[C@@H]3[C@H](C2=O)[C@@H]2C=C[C@H]3C2)c(=O)[nH]c1=O. The summed E-state index contributed by atoms with van der Waals surface area (Å²) in [5.41, 5.74) is -0.830. The van der Waals surface area contributed by atoms with E-state index >= 15 is 0 Å². The number of fused-ring (bicyclic) bond motifs is 5. The maximum Gasteiger partial charge on any atom is 0.328 e. The van der Waals surface area contributed by atoms with Crippen LogP contribution in [-0.4, -0.2) is 45.3 Å². The highest BCUT2D eigenvalue weighted by molar-refractivity contribution is 6.06. The number of carbonyl (C=O) groups excluding carboxylic acids is 3. The molecule has 2 heterocycles. The minimum absolute atomic E-state index is 0.120. The van der Waals surface area contributed by atoms with Crippen LogP contribution in [0.15, 0.2) is 27.9 Å². The number of aryl methyl sites for hydroxylation is 1. The van der Waals surface area contributed by atoms with Crippen LogP contribution >= 0.6 is 0 Å². The number of hydrogen-bond acceptors (Lipinski definition) is 5. The Morgan fingerprint density at radius 3 is 2.41 bits per heavy atom. The van der Waals surface area contributed by atoms with Gasteiger partial charge in [0, 0.05) is 24.8 Å². The van der Waals surface area contributed by atoms with Crippen molar-refractivity contribution in [2.45, 2.75) is 19.9 Å². The lowest BCUT2D eigenvalue weighted by atomic mass is 9.85. The molecule has 4 rings (SSSR count). The number of allylic oxidation sites excluding steroid dienone is 2. The van der Waals surface area contributed by atoms with Crippen molar-refractivity contribution in [1.82, 2.24) is 19.8 Å². The van der Waals surface area contributed by atoms with Gasteiger partial charge < -0.3 is 5.32 Å². The van der Waals surface area contributed by atoms with Gasteiger partial charge >= 0.3 is 5.69 Å². The van der Waals surface area contributed by atoms with Gasteiger partial charge in [-0.1, -0.05) is 12.2 Å². The smallest absolute Gasteiger partial charge is 0.328 e. The maximum atomic E-state index is 12.5. The second-order valence-corrected chi connectivity index (χ2v) is 7.38. The minimum Gasteiger partial charge on any atom is -0.353 e.